The monoisotopic (exact) mass is 264 g/mol. The topological polar surface area (TPSA) is 45.0 Å². The van der Waals surface area contributed by atoms with Gasteiger partial charge in [-0.3, -0.25) is 0 Å². The van der Waals surface area contributed by atoms with E-state index in [1.165, 1.54) is 0 Å². The van der Waals surface area contributed by atoms with Crippen molar-refractivity contribution < 1.29 is 4.74 Å². The molecule has 0 saturated heterocycles. The summed E-state index contributed by atoms with van der Waals surface area (Å²) >= 11 is 6.11. The van der Waals surface area contributed by atoms with E-state index >= 15 is 0 Å². The molecule has 1 aliphatic rings. The van der Waals surface area contributed by atoms with Gasteiger partial charge in [-0.2, -0.15) is 5.26 Å². The highest BCUT2D eigenvalue weighted by Crippen LogP contribution is 2.40. The maximum Gasteiger partial charge on any atom is 0.138 e. The van der Waals surface area contributed by atoms with Crippen molar-refractivity contribution in [1.29, 1.82) is 5.26 Å². The fraction of sp³-hybridized carbons (Fsp3) is 0.500. The summed E-state index contributed by atoms with van der Waals surface area (Å²) < 4.78 is 5.38. The molecule has 1 fully saturated rings. The highest BCUT2D eigenvalue weighted by atomic mass is 35.5. The number of hydrogen-bond acceptors (Lipinski definition) is 3. The van der Waals surface area contributed by atoms with Crippen LogP contribution in [0.3, 0.4) is 0 Å². The molecule has 1 N–H and O–H groups in total. The Morgan fingerprint density at radius 1 is 1.50 bits per heavy atom. The molecule has 18 heavy (non-hydrogen) atoms. The van der Waals surface area contributed by atoms with Gasteiger partial charge < -0.3 is 10.1 Å². The van der Waals surface area contributed by atoms with Gasteiger partial charge in [-0.15, -0.1) is 0 Å². The van der Waals surface area contributed by atoms with Crippen LogP contribution in [0.1, 0.15) is 26.2 Å². The average molecular weight is 265 g/mol. The van der Waals surface area contributed by atoms with Crippen LogP contribution >= 0.6 is 11.6 Å². The number of rotatable bonds is 5. The molecule has 1 saturated carbocycles. The van der Waals surface area contributed by atoms with E-state index in [-0.39, 0.29) is 5.41 Å². The van der Waals surface area contributed by atoms with Crippen molar-refractivity contribution in [3.8, 4) is 11.8 Å². The van der Waals surface area contributed by atoms with Crippen LogP contribution in [0, 0.1) is 16.7 Å². The van der Waals surface area contributed by atoms with Crippen LogP contribution in [-0.4, -0.2) is 13.2 Å². The smallest absolute Gasteiger partial charge is 0.138 e. The van der Waals surface area contributed by atoms with Crippen molar-refractivity contribution in [2.45, 2.75) is 26.2 Å². The maximum atomic E-state index is 9.15. The van der Waals surface area contributed by atoms with Gasteiger partial charge in [0, 0.05) is 12.2 Å². The first-order valence-corrected chi connectivity index (χ1v) is 6.64. The molecule has 0 amide bonds. The Hall–Kier alpha value is -1.40. The van der Waals surface area contributed by atoms with Gasteiger partial charge in [-0.25, -0.2) is 0 Å². The molecular formula is C14H17ClN2O. The lowest BCUT2D eigenvalue weighted by Crippen LogP contribution is -2.34. The minimum atomic E-state index is -0.176. The highest BCUT2D eigenvalue weighted by molar-refractivity contribution is 6.32. The van der Waals surface area contributed by atoms with Gasteiger partial charge in [0.05, 0.1) is 23.1 Å². The molecule has 0 aromatic heterocycles. The Kier molecular flexibility index (Phi) is 3.98. The molecule has 0 spiro atoms. The molecule has 1 aromatic carbocycles. The summed E-state index contributed by atoms with van der Waals surface area (Å²) in [5, 5.41) is 13.0. The largest absolute Gasteiger partial charge is 0.492 e. The zero-order valence-electron chi connectivity index (χ0n) is 10.5. The first kappa shape index (κ1) is 13.0. The standard InChI is InChI=1S/C14H17ClN2O/c1-2-18-13-5-4-11(8-12(13)15)17-10-14(9-16)6-3-7-14/h4-5,8,17H,2-3,6-7,10H2,1H3. The summed E-state index contributed by atoms with van der Waals surface area (Å²) in [5.41, 5.74) is 0.760. The minimum absolute atomic E-state index is 0.176. The molecule has 0 heterocycles. The molecule has 0 radical (unpaired) electrons. The highest BCUT2D eigenvalue weighted by Gasteiger charge is 2.36. The number of halogens is 1. The third-order valence-electron chi connectivity index (χ3n) is 3.41. The summed E-state index contributed by atoms with van der Waals surface area (Å²) in [7, 11) is 0. The number of nitrogens with zero attached hydrogens (tertiary/aromatic N) is 1. The second-order valence-corrected chi connectivity index (χ2v) is 5.08. The van der Waals surface area contributed by atoms with Crippen LogP contribution in [0.25, 0.3) is 0 Å². The molecule has 1 aliphatic carbocycles. The molecule has 0 atom stereocenters. The quantitative estimate of drug-likeness (QED) is 0.879. The molecule has 2 rings (SSSR count). The molecular weight excluding hydrogens is 248 g/mol. The predicted octanol–water partition coefficient (Wildman–Crippen LogP) is 3.84. The van der Waals surface area contributed by atoms with Crippen molar-refractivity contribution in [2.24, 2.45) is 5.41 Å². The zero-order chi connectivity index (χ0) is 13.0. The second-order valence-electron chi connectivity index (χ2n) is 4.68. The van der Waals surface area contributed by atoms with Gasteiger partial charge in [0.2, 0.25) is 0 Å². The van der Waals surface area contributed by atoms with Gasteiger partial charge in [0.1, 0.15) is 5.75 Å². The number of hydrogen-bond donors (Lipinski definition) is 1. The summed E-state index contributed by atoms with van der Waals surface area (Å²) in [6, 6.07) is 8.04. The van der Waals surface area contributed by atoms with E-state index in [0.29, 0.717) is 23.9 Å². The Morgan fingerprint density at radius 3 is 2.78 bits per heavy atom. The molecule has 0 aliphatic heterocycles. The average Bonchev–Trinajstić information content (AvgIpc) is 2.32. The Labute approximate surface area is 113 Å². The maximum absolute atomic E-state index is 9.15. The number of anilines is 1. The first-order valence-electron chi connectivity index (χ1n) is 6.26. The first-order chi connectivity index (χ1) is 8.69. The molecule has 1 aromatic rings. The SMILES string of the molecule is CCOc1ccc(NCC2(C#N)CCC2)cc1Cl. The molecule has 0 bridgehead atoms. The Morgan fingerprint density at radius 2 is 2.28 bits per heavy atom. The van der Waals surface area contributed by atoms with E-state index in [4.69, 9.17) is 21.6 Å². The lowest BCUT2D eigenvalue weighted by molar-refractivity contribution is 0.233. The number of nitrogens with one attached hydrogen (secondary N) is 1. The molecule has 4 heteroatoms. The fourth-order valence-corrected chi connectivity index (χ4v) is 2.32. The van der Waals surface area contributed by atoms with E-state index in [0.717, 1.165) is 24.9 Å². The lowest BCUT2D eigenvalue weighted by Gasteiger charge is -2.35. The minimum Gasteiger partial charge on any atom is -0.492 e. The number of nitriles is 1. The summed E-state index contributed by atoms with van der Waals surface area (Å²) in [6.45, 7) is 3.22. The Balaban J connectivity index is 1.98. The van der Waals surface area contributed by atoms with Crippen LogP contribution in [-0.2, 0) is 0 Å². The third kappa shape index (κ3) is 2.70. The van der Waals surface area contributed by atoms with E-state index in [9.17, 15) is 0 Å². The number of ether oxygens (including phenoxy) is 1. The van der Waals surface area contributed by atoms with Crippen LogP contribution in [0.5, 0.6) is 5.75 Å². The van der Waals surface area contributed by atoms with Gasteiger partial charge in [0.15, 0.2) is 0 Å². The van der Waals surface area contributed by atoms with E-state index < -0.39 is 0 Å². The predicted molar refractivity (Wildman–Crippen MR) is 73.0 cm³/mol. The third-order valence-corrected chi connectivity index (χ3v) is 3.71. The Bertz CT molecular complexity index is 463. The van der Waals surface area contributed by atoms with Crippen LogP contribution < -0.4 is 10.1 Å². The van der Waals surface area contributed by atoms with E-state index in [1.54, 1.807) is 0 Å². The van der Waals surface area contributed by atoms with Crippen molar-refractivity contribution in [2.75, 3.05) is 18.5 Å². The van der Waals surface area contributed by atoms with Gasteiger partial charge in [-0.1, -0.05) is 18.0 Å². The second kappa shape index (κ2) is 5.49. The summed E-state index contributed by atoms with van der Waals surface area (Å²) in [5.74, 6) is 0.698. The molecule has 3 nitrogen and oxygen atoms in total. The van der Waals surface area contributed by atoms with Gasteiger partial charge in [-0.05, 0) is 38.0 Å². The zero-order valence-corrected chi connectivity index (χ0v) is 11.3. The fourth-order valence-electron chi connectivity index (χ4n) is 2.09. The van der Waals surface area contributed by atoms with Crippen LogP contribution in [0.2, 0.25) is 5.02 Å². The van der Waals surface area contributed by atoms with E-state index in [2.05, 4.69) is 11.4 Å². The number of benzene rings is 1. The van der Waals surface area contributed by atoms with Crippen molar-refractivity contribution in [1.82, 2.24) is 0 Å². The van der Waals surface area contributed by atoms with Crippen molar-refractivity contribution in [3.05, 3.63) is 23.2 Å². The van der Waals surface area contributed by atoms with Crippen molar-refractivity contribution >= 4 is 17.3 Å². The van der Waals surface area contributed by atoms with Crippen LogP contribution in [0.15, 0.2) is 18.2 Å². The summed E-state index contributed by atoms with van der Waals surface area (Å²) in [4.78, 5) is 0. The van der Waals surface area contributed by atoms with Gasteiger partial charge >= 0.3 is 0 Å². The van der Waals surface area contributed by atoms with Crippen LogP contribution in [0.4, 0.5) is 5.69 Å². The normalized spacial score (nSPS) is 16.5. The van der Waals surface area contributed by atoms with E-state index in [1.807, 2.05) is 25.1 Å². The van der Waals surface area contributed by atoms with Crippen molar-refractivity contribution in [3.63, 3.8) is 0 Å². The van der Waals surface area contributed by atoms with Gasteiger partial charge in [0.25, 0.3) is 0 Å². The molecule has 96 valence electrons. The lowest BCUT2D eigenvalue weighted by atomic mass is 9.70. The molecule has 0 unspecified atom stereocenters. The summed E-state index contributed by atoms with van der Waals surface area (Å²) in [6.07, 6.45) is 3.13.